The molecule has 1 aliphatic carbocycles. The number of rotatable bonds is 8. The quantitative estimate of drug-likeness (QED) is 0.468. The molecule has 0 radical (unpaired) electrons. The molecule has 2 aromatic carbocycles. The van der Waals surface area contributed by atoms with Gasteiger partial charge in [-0.2, -0.15) is 0 Å². The summed E-state index contributed by atoms with van der Waals surface area (Å²) in [6, 6.07) is 20.4. The third kappa shape index (κ3) is 5.83. The summed E-state index contributed by atoms with van der Waals surface area (Å²) in [4.78, 5) is 12.7. The Hall–Kier alpha value is -2.38. The predicted octanol–water partition coefficient (Wildman–Crippen LogP) is 5.28. The molecule has 3 aromatic rings. The van der Waals surface area contributed by atoms with E-state index >= 15 is 0 Å². The molecule has 0 bridgehead atoms. The van der Waals surface area contributed by atoms with Crippen LogP contribution in [-0.2, 0) is 4.79 Å². The molecule has 1 heterocycles. The smallest absolute Gasteiger partial charge is 0.231 e. The van der Waals surface area contributed by atoms with Crippen molar-refractivity contribution in [3.63, 3.8) is 0 Å². The van der Waals surface area contributed by atoms with Gasteiger partial charge in [-0.1, -0.05) is 103 Å². The molecular formula is C23H26N4OS2. The number of aromatic nitrogens is 2. The van der Waals surface area contributed by atoms with Crippen LogP contribution >= 0.6 is 23.1 Å². The van der Waals surface area contributed by atoms with Crippen molar-refractivity contribution >= 4 is 34.1 Å². The summed E-state index contributed by atoms with van der Waals surface area (Å²) < 4.78 is 0.819. The van der Waals surface area contributed by atoms with E-state index in [-0.39, 0.29) is 11.9 Å². The molecule has 156 valence electrons. The van der Waals surface area contributed by atoms with Gasteiger partial charge in [0.1, 0.15) is 0 Å². The van der Waals surface area contributed by atoms with Crippen LogP contribution in [0, 0.1) is 0 Å². The van der Waals surface area contributed by atoms with E-state index in [1.807, 2.05) is 60.7 Å². The molecule has 1 amide bonds. The number of nitrogens with one attached hydrogen (secondary N) is 2. The molecule has 0 saturated heterocycles. The fraction of sp³-hybridized carbons (Fsp3) is 0.348. The Labute approximate surface area is 185 Å². The summed E-state index contributed by atoms with van der Waals surface area (Å²) in [5.41, 5.74) is 2.13. The Morgan fingerprint density at radius 3 is 2.23 bits per heavy atom. The molecule has 1 aliphatic rings. The van der Waals surface area contributed by atoms with Crippen LogP contribution in [0.2, 0.25) is 0 Å². The Morgan fingerprint density at radius 2 is 1.60 bits per heavy atom. The van der Waals surface area contributed by atoms with Crippen LogP contribution in [0.25, 0.3) is 0 Å². The molecule has 0 aliphatic heterocycles. The Bertz CT molecular complexity index is 887. The lowest BCUT2D eigenvalue weighted by molar-refractivity contribution is -0.119. The van der Waals surface area contributed by atoms with Gasteiger partial charge in [0, 0.05) is 6.04 Å². The maximum atomic E-state index is 12.7. The first kappa shape index (κ1) is 20.9. The highest BCUT2D eigenvalue weighted by atomic mass is 32.2. The zero-order valence-corrected chi connectivity index (χ0v) is 18.4. The minimum Gasteiger partial charge on any atom is -0.357 e. The van der Waals surface area contributed by atoms with E-state index in [1.54, 1.807) is 0 Å². The molecule has 4 rings (SSSR count). The zero-order valence-electron chi connectivity index (χ0n) is 16.8. The molecule has 0 unspecified atom stereocenters. The van der Waals surface area contributed by atoms with Crippen molar-refractivity contribution in [2.75, 3.05) is 11.1 Å². The summed E-state index contributed by atoms with van der Waals surface area (Å²) in [5.74, 6) is 0.295. The maximum absolute atomic E-state index is 12.7. The second kappa shape index (κ2) is 10.6. The first-order valence-corrected chi connectivity index (χ1v) is 12.2. The SMILES string of the molecule is O=C(CSc1nnc(NC2CCCCC2)s1)NC(c1ccccc1)c1ccccc1. The van der Waals surface area contributed by atoms with E-state index in [2.05, 4.69) is 20.8 Å². The Balaban J connectivity index is 1.34. The van der Waals surface area contributed by atoms with Gasteiger partial charge in [0.25, 0.3) is 0 Å². The number of carbonyl (C=O) groups is 1. The first-order chi connectivity index (χ1) is 14.8. The average molecular weight is 439 g/mol. The second-order valence-corrected chi connectivity index (χ2v) is 9.66. The number of hydrogen-bond donors (Lipinski definition) is 2. The third-order valence-electron chi connectivity index (χ3n) is 5.24. The Kier molecular flexibility index (Phi) is 7.37. The van der Waals surface area contributed by atoms with Gasteiger partial charge in [-0.15, -0.1) is 10.2 Å². The van der Waals surface area contributed by atoms with Crippen molar-refractivity contribution < 1.29 is 4.79 Å². The van der Waals surface area contributed by atoms with E-state index in [0.29, 0.717) is 11.8 Å². The lowest BCUT2D eigenvalue weighted by Gasteiger charge is -2.21. The summed E-state index contributed by atoms with van der Waals surface area (Å²) in [5, 5.41) is 16.0. The lowest BCUT2D eigenvalue weighted by atomic mass is 9.96. The van der Waals surface area contributed by atoms with Crippen LogP contribution in [-0.4, -0.2) is 27.9 Å². The summed E-state index contributed by atoms with van der Waals surface area (Å²) in [6.07, 6.45) is 6.29. The van der Waals surface area contributed by atoms with Crippen molar-refractivity contribution in [2.24, 2.45) is 0 Å². The zero-order chi connectivity index (χ0) is 20.6. The number of hydrogen-bond acceptors (Lipinski definition) is 6. The molecular weight excluding hydrogens is 412 g/mol. The summed E-state index contributed by atoms with van der Waals surface area (Å²) in [6.45, 7) is 0. The van der Waals surface area contributed by atoms with Crippen molar-refractivity contribution in [3.05, 3.63) is 71.8 Å². The van der Waals surface area contributed by atoms with Crippen molar-refractivity contribution in [3.8, 4) is 0 Å². The van der Waals surface area contributed by atoms with Gasteiger partial charge in [-0.3, -0.25) is 4.79 Å². The number of amides is 1. The van der Waals surface area contributed by atoms with Crippen molar-refractivity contribution in [1.29, 1.82) is 0 Å². The Morgan fingerprint density at radius 1 is 0.967 bits per heavy atom. The van der Waals surface area contributed by atoms with Gasteiger partial charge in [-0.05, 0) is 24.0 Å². The third-order valence-corrected chi connectivity index (χ3v) is 7.22. The topological polar surface area (TPSA) is 66.9 Å². The lowest BCUT2D eigenvalue weighted by Crippen LogP contribution is -2.30. The monoisotopic (exact) mass is 438 g/mol. The van der Waals surface area contributed by atoms with E-state index in [0.717, 1.165) is 20.6 Å². The molecule has 1 saturated carbocycles. The number of thioether (sulfide) groups is 1. The highest BCUT2D eigenvalue weighted by Crippen LogP contribution is 2.29. The van der Waals surface area contributed by atoms with Crippen LogP contribution in [0.15, 0.2) is 65.0 Å². The van der Waals surface area contributed by atoms with E-state index in [9.17, 15) is 4.79 Å². The molecule has 7 heteroatoms. The summed E-state index contributed by atoms with van der Waals surface area (Å²) >= 11 is 2.97. The van der Waals surface area contributed by atoms with Crippen molar-refractivity contribution in [2.45, 2.75) is 48.5 Å². The highest BCUT2D eigenvalue weighted by molar-refractivity contribution is 8.01. The van der Waals surface area contributed by atoms with E-state index < -0.39 is 0 Å². The predicted molar refractivity (Wildman–Crippen MR) is 124 cm³/mol. The largest absolute Gasteiger partial charge is 0.357 e. The van der Waals surface area contributed by atoms with Gasteiger partial charge in [0.05, 0.1) is 11.8 Å². The highest BCUT2D eigenvalue weighted by Gasteiger charge is 2.18. The van der Waals surface area contributed by atoms with Crippen LogP contribution in [0.1, 0.15) is 49.3 Å². The maximum Gasteiger partial charge on any atom is 0.231 e. The molecule has 30 heavy (non-hydrogen) atoms. The first-order valence-electron chi connectivity index (χ1n) is 10.4. The molecule has 0 atom stereocenters. The van der Waals surface area contributed by atoms with Crippen LogP contribution in [0.3, 0.4) is 0 Å². The fourth-order valence-electron chi connectivity index (χ4n) is 3.73. The fourth-order valence-corrected chi connectivity index (χ4v) is 5.37. The molecule has 2 N–H and O–H groups in total. The molecule has 0 spiro atoms. The molecule has 1 fully saturated rings. The van der Waals surface area contributed by atoms with Gasteiger partial charge in [0.2, 0.25) is 11.0 Å². The average Bonchev–Trinajstić information content (AvgIpc) is 3.25. The second-order valence-electron chi connectivity index (χ2n) is 7.46. The van der Waals surface area contributed by atoms with Gasteiger partial charge >= 0.3 is 0 Å². The number of carbonyl (C=O) groups excluding carboxylic acids is 1. The van der Waals surface area contributed by atoms with Gasteiger partial charge < -0.3 is 10.6 Å². The van der Waals surface area contributed by atoms with Crippen molar-refractivity contribution in [1.82, 2.24) is 15.5 Å². The minimum absolute atomic E-state index is 0.0188. The van der Waals surface area contributed by atoms with Gasteiger partial charge in [0.15, 0.2) is 4.34 Å². The minimum atomic E-state index is -0.168. The van der Waals surface area contributed by atoms with E-state index in [1.165, 1.54) is 55.2 Å². The number of benzene rings is 2. The standard InChI is InChI=1S/C23H26N4OS2/c28-20(16-29-23-27-26-22(30-23)24-19-14-8-3-9-15-19)25-21(17-10-4-1-5-11-17)18-12-6-2-7-13-18/h1-2,4-7,10-13,19,21H,3,8-9,14-16H2,(H,24,26)(H,25,28). The molecule has 1 aromatic heterocycles. The van der Waals surface area contributed by atoms with Gasteiger partial charge in [-0.25, -0.2) is 0 Å². The summed E-state index contributed by atoms with van der Waals surface area (Å²) in [7, 11) is 0. The van der Waals surface area contributed by atoms with Crippen LogP contribution in [0.5, 0.6) is 0 Å². The van der Waals surface area contributed by atoms with E-state index in [4.69, 9.17) is 0 Å². The van der Waals surface area contributed by atoms with Crippen LogP contribution in [0.4, 0.5) is 5.13 Å². The number of anilines is 1. The number of nitrogens with zero attached hydrogens (tertiary/aromatic N) is 2. The molecule has 5 nitrogen and oxygen atoms in total. The van der Waals surface area contributed by atoms with Crippen LogP contribution < -0.4 is 10.6 Å². The normalized spacial score (nSPS) is 14.6.